The van der Waals surface area contributed by atoms with E-state index in [0.29, 0.717) is 0 Å². The van der Waals surface area contributed by atoms with Crippen molar-refractivity contribution in [2.75, 3.05) is 0 Å². The lowest BCUT2D eigenvalue weighted by atomic mass is 10.2. The first-order chi connectivity index (χ1) is 10.8. The molecule has 0 fully saturated rings. The van der Waals surface area contributed by atoms with E-state index in [1.807, 2.05) is 0 Å². The average molecular weight is 417 g/mol. The van der Waals surface area contributed by atoms with Gasteiger partial charge >= 0.3 is 0 Å². The molecule has 0 bridgehead atoms. The van der Waals surface area contributed by atoms with Crippen LogP contribution in [0.15, 0.2) is 10.2 Å². The van der Waals surface area contributed by atoms with Gasteiger partial charge in [-0.05, 0) is 13.8 Å². The Morgan fingerprint density at radius 2 is 0.720 bits per heavy atom. The summed E-state index contributed by atoms with van der Waals surface area (Å²) < 4.78 is 4.99. The number of hydrogen-bond acceptors (Lipinski definition) is 4. The normalized spacial score (nSPS) is 15.4. The highest BCUT2D eigenvalue weighted by Gasteiger charge is 2.35. The SMILES string of the molecule is C/C(C/C(C)=N/N([Si](C)(C)C)[Si](C)(C)C)=N\N([Si](C)(C)C)[Si](C)(C)C. The fraction of sp³-hybridized carbons (Fsp3) is 0.882. The Bertz CT molecular complexity index is 429. The third-order valence-electron chi connectivity index (χ3n) is 3.59. The molecule has 0 aliphatic rings. The molecule has 0 aliphatic carbocycles. The lowest BCUT2D eigenvalue weighted by molar-refractivity contribution is 0.658. The van der Waals surface area contributed by atoms with E-state index in [9.17, 15) is 0 Å². The molecule has 8 heteroatoms. The van der Waals surface area contributed by atoms with Gasteiger partial charge in [-0.1, -0.05) is 78.6 Å². The van der Waals surface area contributed by atoms with Crippen molar-refractivity contribution in [2.45, 2.75) is 98.8 Å². The van der Waals surface area contributed by atoms with E-state index in [1.54, 1.807) is 0 Å². The zero-order valence-corrected chi connectivity index (χ0v) is 23.5. The van der Waals surface area contributed by atoms with Crippen molar-refractivity contribution in [2.24, 2.45) is 10.2 Å². The highest BCUT2D eigenvalue weighted by Crippen LogP contribution is 2.22. The van der Waals surface area contributed by atoms with Gasteiger partial charge in [0.15, 0.2) is 32.9 Å². The monoisotopic (exact) mass is 416 g/mol. The lowest BCUT2D eigenvalue weighted by Gasteiger charge is -2.42. The van der Waals surface area contributed by atoms with Crippen molar-refractivity contribution in [1.29, 1.82) is 0 Å². The molecule has 0 atom stereocenters. The molecule has 0 saturated carbocycles. The number of hydrazone groups is 2. The summed E-state index contributed by atoms with van der Waals surface area (Å²) in [5.41, 5.74) is 2.38. The second-order valence-corrected chi connectivity index (χ2v) is 31.1. The minimum Gasteiger partial charge on any atom is -0.350 e. The smallest absolute Gasteiger partial charge is 0.158 e. The van der Waals surface area contributed by atoms with Gasteiger partial charge in [0.25, 0.3) is 0 Å². The molecular weight excluding hydrogens is 373 g/mol. The van der Waals surface area contributed by atoms with E-state index in [1.165, 1.54) is 11.4 Å². The molecule has 0 amide bonds. The van der Waals surface area contributed by atoms with Crippen LogP contribution in [-0.4, -0.2) is 53.0 Å². The fourth-order valence-electron chi connectivity index (χ4n) is 3.39. The summed E-state index contributed by atoms with van der Waals surface area (Å²) in [6.07, 6.45) is 0.872. The summed E-state index contributed by atoms with van der Waals surface area (Å²) in [6.45, 7) is 33.0. The molecule has 0 aromatic heterocycles. The molecule has 0 saturated heterocycles. The average Bonchev–Trinajstić information content (AvgIpc) is 2.27. The molecular formula is C17H44N4Si4. The molecule has 0 spiro atoms. The van der Waals surface area contributed by atoms with Crippen molar-refractivity contribution in [3.05, 3.63) is 0 Å². The van der Waals surface area contributed by atoms with Crippen LogP contribution in [0.3, 0.4) is 0 Å². The van der Waals surface area contributed by atoms with Crippen LogP contribution in [-0.2, 0) is 0 Å². The maximum Gasteiger partial charge on any atom is 0.158 e. The first-order valence-corrected chi connectivity index (χ1v) is 23.2. The molecule has 0 radical (unpaired) electrons. The standard InChI is InChI=1S/C17H44N4Si4/c1-16(18-20(22(3,4)5)23(6,7)8)15-17(2)19-21(24(9,10)11)25(12,13)14/h15H2,1-14H3/b18-16+,19-17+. The summed E-state index contributed by atoms with van der Waals surface area (Å²) in [5, 5.41) is 10.2. The molecule has 0 N–H and O–H groups in total. The van der Waals surface area contributed by atoms with E-state index in [4.69, 9.17) is 10.2 Å². The van der Waals surface area contributed by atoms with Crippen LogP contribution in [0.25, 0.3) is 0 Å². The van der Waals surface area contributed by atoms with Crippen molar-refractivity contribution in [3.8, 4) is 0 Å². The Kier molecular flexibility index (Phi) is 8.16. The van der Waals surface area contributed by atoms with Crippen molar-refractivity contribution >= 4 is 44.4 Å². The number of rotatable bonds is 8. The largest absolute Gasteiger partial charge is 0.350 e. The van der Waals surface area contributed by atoms with Crippen LogP contribution in [0.4, 0.5) is 0 Å². The van der Waals surface area contributed by atoms with Gasteiger partial charge in [0.1, 0.15) is 0 Å². The van der Waals surface area contributed by atoms with E-state index < -0.39 is 32.9 Å². The van der Waals surface area contributed by atoms with Gasteiger partial charge in [-0.2, -0.15) is 0 Å². The van der Waals surface area contributed by atoms with Crippen LogP contribution < -0.4 is 0 Å². The molecule has 0 rings (SSSR count). The van der Waals surface area contributed by atoms with Gasteiger partial charge in [0.2, 0.25) is 0 Å². The van der Waals surface area contributed by atoms with E-state index >= 15 is 0 Å². The second-order valence-electron chi connectivity index (χ2n) is 11.2. The molecule has 0 aromatic carbocycles. The summed E-state index contributed by atoms with van der Waals surface area (Å²) in [6, 6.07) is 0. The topological polar surface area (TPSA) is 31.2 Å². The predicted molar refractivity (Wildman–Crippen MR) is 128 cm³/mol. The molecule has 148 valence electrons. The predicted octanol–water partition coefficient (Wildman–Crippen LogP) is 6.07. The van der Waals surface area contributed by atoms with Gasteiger partial charge in [-0.3, -0.25) is 0 Å². The van der Waals surface area contributed by atoms with Crippen LogP contribution in [0, 0.1) is 0 Å². The quantitative estimate of drug-likeness (QED) is 0.273. The van der Waals surface area contributed by atoms with Crippen molar-refractivity contribution < 1.29 is 0 Å². The Balaban J connectivity index is 5.55. The van der Waals surface area contributed by atoms with Crippen molar-refractivity contribution in [1.82, 2.24) is 8.68 Å². The van der Waals surface area contributed by atoms with Crippen LogP contribution in [0.5, 0.6) is 0 Å². The van der Waals surface area contributed by atoms with Gasteiger partial charge in [0, 0.05) is 17.8 Å². The van der Waals surface area contributed by atoms with Gasteiger partial charge in [0.05, 0.1) is 0 Å². The molecule has 0 heterocycles. The zero-order valence-electron chi connectivity index (χ0n) is 19.5. The Morgan fingerprint density at radius 3 is 0.880 bits per heavy atom. The Morgan fingerprint density at radius 1 is 0.520 bits per heavy atom. The van der Waals surface area contributed by atoms with Crippen LogP contribution in [0.1, 0.15) is 20.3 Å². The van der Waals surface area contributed by atoms with Crippen LogP contribution >= 0.6 is 0 Å². The molecule has 0 aromatic rings. The van der Waals surface area contributed by atoms with E-state index in [0.717, 1.165) is 6.42 Å². The Labute approximate surface area is 162 Å². The zero-order chi connectivity index (χ0) is 20.4. The molecule has 0 aliphatic heterocycles. The van der Waals surface area contributed by atoms with E-state index in [-0.39, 0.29) is 0 Å². The Hall–Kier alpha value is -0.192. The minimum absolute atomic E-state index is 0.872. The number of hydrogen-bond donors (Lipinski definition) is 0. The van der Waals surface area contributed by atoms with Gasteiger partial charge in [-0.15, -0.1) is 0 Å². The van der Waals surface area contributed by atoms with E-state index in [2.05, 4.69) is 101 Å². The minimum atomic E-state index is -1.46. The third kappa shape index (κ3) is 8.83. The summed E-state index contributed by atoms with van der Waals surface area (Å²) in [4.78, 5) is 0. The first-order valence-electron chi connectivity index (χ1n) is 9.45. The summed E-state index contributed by atoms with van der Waals surface area (Å²) in [7, 11) is -5.83. The van der Waals surface area contributed by atoms with Crippen molar-refractivity contribution in [3.63, 3.8) is 0 Å². The highest BCUT2D eigenvalue weighted by molar-refractivity contribution is 6.90. The van der Waals surface area contributed by atoms with Gasteiger partial charge < -0.3 is 8.68 Å². The summed E-state index contributed by atoms with van der Waals surface area (Å²) >= 11 is 0. The molecule has 25 heavy (non-hydrogen) atoms. The highest BCUT2D eigenvalue weighted by atomic mass is 28.4. The first kappa shape index (κ1) is 24.8. The lowest BCUT2D eigenvalue weighted by Crippen LogP contribution is -2.56. The summed E-state index contributed by atoms with van der Waals surface area (Å²) in [5.74, 6) is 0. The second kappa shape index (κ2) is 8.22. The molecule has 0 unspecified atom stereocenters. The van der Waals surface area contributed by atoms with Crippen LogP contribution in [0.2, 0.25) is 78.6 Å². The fourth-order valence-corrected chi connectivity index (χ4v) is 21.4. The maximum atomic E-state index is 5.09. The third-order valence-corrected chi connectivity index (χ3v) is 17.1. The molecule has 4 nitrogen and oxygen atoms in total. The maximum absolute atomic E-state index is 5.09. The number of nitrogens with zero attached hydrogens (tertiary/aromatic N) is 4. The van der Waals surface area contributed by atoms with Gasteiger partial charge in [-0.25, -0.2) is 10.2 Å².